The molecule has 2 rings (SSSR count). The van der Waals surface area contributed by atoms with Crippen molar-refractivity contribution in [3.05, 3.63) is 39.0 Å². The first-order chi connectivity index (χ1) is 7.63. The Hall–Kier alpha value is -0.500. The second-order valence-electron chi connectivity index (χ2n) is 3.60. The second-order valence-corrected chi connectivity index (χ2v) is 4.80. The predicted molar refractivity (Wildman–Crippen MR) is 70.8 cm³/mol. The minimum Gasteiger partial charge on any atom is -0.251 e. The quantitative estimate of drug-likeness (QED) is 0.738. The van der Waals surface area contributed by atoms with E-state index in [4.69, 9.17) is 34.8 Å². The van der Waals surface area contributed by atoms with Crippen LogP contribution in [0.5, 0.6) is 0 Å². The molecule has 0 N–H and O–H groups in total. The van der Waals surface area contributed by atoms with Crippen LogP contribution in [-0.4, -0.2) is 4.98 Å². The summed E-state index contributed by atoms with van der Waals surface area (Å²) >= 11 is 18.3. The number of benzene rings is 1. The largest absolute Gasteiger partial charge is 0.251 e. The van der Waals surface area contributed by atoms with Crippen molar-refractivity contribution < 1.29 is 0 Å². The lowest BCUT2D eigenvalue weighted by atomic mass is 10.1. The zero-order valence-electron chi connectivity index (χ0n) is 8.73. The summed E-state index contributed by atoms with van der Waals surface area (Å²) in [6.45, 7) is 2.10. The van der Waals surface area contributed by atoms with Crippen LogP contribution in [-0.2, 0) is 6.42 Å². The molecule has 1 nitrogen and oxygen atoms in total. The molecule has 0 aliphatic heterocycles. The number of rotatable bonds is 2. The summed E-state index contributed by atoms with van der Waals surface area (Å²) in [5.74, 6) is 0. The molecule has 0 aliphatic rings. The van der Waals surface area contributed by atoms with E-state index in [0.29, 0.717) is 20.6 Å². The highest BCUT2D eigenvalue weighted by atomic mass is 35.5. The first-order valence-corrected chi connectivity index (χ1v) is 6.20. The number of halogens is 3. The van der Waals surface area contributed by atoms with Gasteiger partial charge in [-0.25, -0.2) is 0 Å². The van der Waals surface area contributed by atoms with Crippen LogP contribution in [0.1, 0.15) is 19.0 Å². The van der Waals surface area contributed by atoms with Gasteiger partial charge in [-0.1, -0.05) is 48.1 Å². The Kier molecular flexibility index (Phi) is 3.58. The number of hydrogen-bond donors (Lipinski definition) is 0. The zero-order valence-corrected chi connectivity index (χ0v) is 11.0. The zero-order chi connectivity index (χ0) is 11.7. The van der Waals surface area contributed by atoms with E-state index in [2.05, 4.69) is 11.9 Å². The Bertz CT molecular complexity index is 537. The lowest BCUT2D eigenvalue weighted by molar-refractivity contribution is 0.890. The first-order valence-electron chi connectivity index (χ1n) is 5.06. The maximum Gasteiger partial charge on any atom is 0.0921 e. The second kappa shape index (κ2) is 4.79. The number of fused-ring (bicyclic) bond motifs is 1. The van der Waals surface area contributed by atoms with Crippen molar-refractivity contribution in [3.8, 4) is 0 Å². The van der Waals surface area contributed by atoms with E-state index in [1.807, 2.05) is 12.1 Å². The van der Waals surface area contributed by atoms with Crippen LogP contribution in [0, 0.1) is 0 Å². The number of pyridine rings is 1. The molecule has 0 spiro atoms. The number of aromatic nitrogens is 1. The molecule has 1 heterocycles. The SMILES string of the molecule is CCCc1cc(Cl)c2ccc(Cl)c(Cl)c2n1. The molecule has 0 fully saturated rings. The van der Waals surface area contributed by atoms with Crippen LogP contribution in [0.3, 0.4) is 0 Å². The van der Waals surface area contributed by atoms with Crippen LogP contribution in [0.15, 0.2) is 18.2 Å². The van der Waals surface area contributed by atoms with Crippen LogP contribution >= 0.6 is 34.8 Å². The average Bonchev–Trinajstić information content (AvgIpc) is 2.25. The Balaban J connectivity index is 2.73. The summed E-state index contributed by atoms with van der Waals surface area (Å²) in [6, 6.07) is 5.46. The van der Waals surface area contributed by atoms with E-state index in [0.717, 1.165) is 23.9 Å². The third kappa shape index (κ3) is 2.13. The molecule has 0 atom stereocenters. The Morgan fingerprint density at radius 2 is 1.88 bits per heavy atom. The van der Waals surface area contributed by atoms with E-state index in [-0.39, 0.29) is 0 Å². The van der Waals surface area contributed by atoms with Crippen molar-refractivity contribution >= 4 is 45.7 Å². The van der Waals surface area contributed by atoms with Crippen LogP contribution < -0.4 is 0 Å². The molecule has 84 valence electrons. The summed E-state index contributed by atoms with van der Waals surface area (Å²) < 4.78 is 0. The van der Waals surface area contributed by atoms with Gasteiger partial charge in [-0.05, 0) is 24.6 Å². The van der Waals surface area contributed by atoms with Gasteiger partial charge in [-0.15, -0.1) is 0 Å². The van der Waals surface area contributed by atoms with Crippen molar-refractivity contribution in [3.63, 3.8) is 0 Å². The van der Waals surface area contributed by atoms with E-state index in [1.165, 1.54) is 0 Å². The number of hydrogen-bond acceptors (Lipinski definition) is 1. The van der Waals surface area contributed by atoms with E-state index >= 15 is 0 Å². The van der Waals surface area contributed by atoms with E-state index in [1.54, 1.807) is 6.07 Å². The van der Waals surface area contributed by atoms with Gasteiger partial charge >= 0.3 is 0 Å². The third-order valence-corrected chi connectivity index (χ3v) is 3.49. The molecule has 2 aromatic rings. The van der Waals surface area contributed by atoms with Gasteiger partial charge in [-0.3, -0.25) is 4.98 Å². The fraction of sp³-hybridized carbons (Fsp3) is 0.250. The van der Waals surface area contributed by atoms with Crippen molar-refractivity contribution in [2.45, 2.75) is 19.8 Å². The molecule has 4 heteroatoms. The monoisotopic (exact) mass is 273 g/mol. The predicted octanol–water partition coefficient (Wildman–Crippen LogP) is 5.15. The van der Waals surface area contributed by atoms with E-state index < -0.39 is 0 Å². The normalized spacial score (nSPS) is 11.0. The fourth-order valence-electron chi connectivity index (χ4n) is 1.63. The lowest BCUT2D eigenvalue weighted by Gasteiger charge is -2.06. The maximum atomic E-state index is 6.18. The summed E-state index contributed by atoms with van der Waals surface area (Å²) in [4.78, 5) is 4.49. The van der Waals surface area contributed by atoms with Gasteiger partial charge in [0.2, 0.25) is 0 Å². The highest BCUT2D eigenvalue weighted by Crippen LogP contribution is 2.33. The molecule has 1 aromatic carbocycles. The van der Waals surface area contributed by atoms with Gasteiger partial charge in [0.25, 0.3) is 0 Å². The Labute approximate surface area is 109 Å². The van der Waals surface area contributed by atoms with Crippen molar-refractivity contribution in [2.75, 3.05) is 0 Å². The molecule has 0 amide bonds. The number of aryl methyl sites for hydroxylation is 1. The maximum absolute atomic E-state index is 6.18. The summed E-state index contributed by atoms with van der Waals surface area (Å²) in [7, 11) is 0. The van der Waals surface area contributed by atoms with Gasteiger partial charge in [0, 0.05) is 11.1 Å². The molecule has 0 radical (unpaired) electrons. The highest BCUT2D eigenvalue weighted by Gasteiger charge is 2.09. The molecule has 0 saturated carbocycles. The molecule has 1 aromatic heterocycles. The van der Waals surface area contributed by atoms with Gasteiger partial charge in [0.05, 0.1) is 20.6 Å². The van der Waals surface area contributed by atoms with Crippen LogP contribution in [0.2, 0.25) is 15.1 Å². The topological polar surface area (TPSA) is 12.9 Å². The summed E-state index contributed by atoms with van der Waals surface area (Å²) in [6.07, 6.45) is 1.91. The standard InChI is InChI=1S/C12H10Cl3N/c1-2-3-7-6-10(14)8-4-5-9(13)11(15)12(8)16-7/h4-6H,2-3H2,1H3. The molecule has 0 unspecified atom stereocenters. The van der Waals surface area contributed by atoms with Gasteiger partial charge < -0.3 is 0 Å². The van der Waals surface area contributed by atoms with Crippen LogP contribution in [0.4, 0.5) is 0 Å². The fourth-order valence-corrected chi connectivity index (χ4v) is 2.26. The van der Waals surface area contributed by atoms with E-state index in [9.17, 15) is 0 Å². The highest BCUT2D eigenvalue weighted by molar-refractivity contribution is 6.46. The molecule has 16 heavy (non-hydrogen) atoms. The molecule has 0 saturated heterocycles. The Morgan fingerprint density at radius 3 is 2.56 bits per heavy atom. The molecular formula is C12H10Cl3N. The van der Waals surface area contributed by atoms with Gasteiger partial charge in [-0.2, -0.15) is 0 Å². The lowest BCUT2D eigenvalue weighted by Crippen LogP contribution is -1.91. The summed E-state index contributed by atoms with van der Waals surface area (Å²) in [5, 5.41) is 2.49. The molecule has 0 bridgehead atoms. The van der Waals surface area contributed by atoms with Gasteiger partial charge in [0.15, 0.2) is 0 Å². The smallest absolute Gasteiger partial charge is 0.0921 e. The van der Waals surface area contributed by atoms with Gasteiger partial charge in [0.1, 0.15) is 0 Å². The number of nitrogens with zero attached hydrogens (tertiary/aromatic N) is 1. The Morgan fingerprint density at radius 1 is 1.12 bits per heavy atom. The van der Waals surface area contributed by atoms with Crippen LogP contribution in [0.25, 0.3) is 10.9 Å². The molecule has 0 aliphatic carbocycles. The molecular weight excluding hydrogens is 264 g/mol. The van der Waals surface area contributed by atoms with Crippen molar-refractivity contribution in [2.24, 2.45) is 0 Å². The third-order valence-electron chi connectivity index (χ3n) is 2.38. The van der Waals surface area contributed by atoms with Crippen molar-refractivity contribution in [1.82, 2.24) is 4.98 Å². The minimum absolute atomic E-state index is 0.471. The van der Waals surface area contributed by atoms with Crippen molar-refractivity contribution in [1.29, 1.82) is 0 Å². The minimum atomic E-state index is 0.471. The average molecular weight is 275 g/mol. The summed E-state index contributed by atoms with van der Waals surface area (Å²) in [5.41, 5.74) is 1.63. The first kappa shape index (κ1) is 12.0.